The molecule has 4 rings (SSSR count). The number of allylic oxidation sites excluding steroid dienone is 1. The van der Waals surface area contributed by atoms with Crippen LogP contribution in [0.15, 0.2) is 85.5 Å². The third kappa shape index (κ3) is 6.45. The van der Waals surface area contributed by atoms with Gasteiger partial charge in [-0.2, -0.15) is 0 Å². The van der Waals surface area contributed by atoms with E-state index in [1.54, 1.807) is 0 Å². The molecule has 0 N–H and O–H groups in total. The highest BCUT2D eigenvalue weighted by molar-refractivity contribution is 5.70. The maximum Gasteiger partial charge on any atom is 0.0716 e. The first-order valence-corrected chi connectivity index (χ1v) is 12.8. The van der Waals surface area contributed by atoms with Crippen LogP contribution in [-0.4, -0.2) is 6.61 Å². The van der Waals surface area contributed by atoms with Crippen LogP contribution in [0.2, 0.25) is 0 Å². The quantitative estimate of drug-likeness (QED) is 0.226. The standard InChI is InChI=1S/C32H38O/c1-3-5-6-23-33-24-26-9-13-28(14-10-26)30-17-21-32(22-18-30)31-19-15-29(16-20-31)27-11-7-25(4-2)8-12-27/h4,9-10,13-22,25,27H,2-3,5-8,11-12,23-24H2,1H3/t25-,27-. The lowest BCUT2D eigenvalue weighted by Crippen LogP contribution is -2.11. The molecule has 0 bridgehead atoms. The van der Waals surface area contributed by atoms with E-state index in [0.29, 0.717) is 12.5 Å². The Hall–Kier alpha value is -2.64. The summed E-state index contributed by atoms with van der Waals surface area (Å²) in [4.78, 5) is 0. The molecule has 1 nitrogen and oxygen atoms in total. The molecule has 0 radical (unpaired) electrons. The number of hydrogen-bond acceptors (Lipinski definition) is 1. The third-order valence-electron chi connectivity index (χ3n) is 7.15. The minimum absolute atomic E-state index is 0.703. The lowest BCUT2D eigenvalue weighted by molar-refractivity contribution is 0.117. The second-order valence-electron chi connectivity index (χ2n) is 9.50. The summed E-state index contributed by atoms with van der Waals surface area (Å²) in [6.07, 6.45) is 10.9. The molecule has 0 spiro atoms. The van der Waals surface area contributed by atoms with E-state index in [-0.39, 0.29) is 0 Å². The molecular weight excluding hydrogens is 400 g/mol. The lowest BCUT2D eigenvalue weighted by Gasteiger charge is -2.27. The normalized spacial score (nSPS) is 18.2. The fourth-order valence-corrected chi connectivity index (χ4v) is 4.93. The summed E-state index contributed by atoms with van der Waals surface area (Å²) in [6, 6.07) is 27.0. The van der Waals surface area contributed by atoms with Gasteiger partial charge >= 0.3 is 0 Å². The van der Waals surface area contributed by atoms with Crippen molar-refractivity contribution in [2.75, 3.05) is 6.61 Å². The third-order valence-corrected chi connectivity index (χ3v) is 7.15. The van der Waals surface area contributed by atoms with Gasteiger partial charge in [-0.1, -0.05) is 98.6 Å². The SMILES string of the molecule is C=C[C@H]1CC[C@H](c2ccc(-c3ccc(-c4ccc(COCCCCC)cc4)cc3)cc2)CC1. The average molecular weight is 439 g/mol. The Bertz CT molecular complexity index is 974. The van der Waals surface area contributed by atoms with Crippen molar-refractivity contribution >= 4 is 0 Å². The maximum atomic E-state index is 5.78. The van der Waals surface area contributed by atoms with Crippen molar-refractivity contribution in [2.45, 2.75) is 64.4 Å². The molecule has 0 heterocycles. The zero-order chi connectivity index (χ0) is 22.9. The van der Waals surface area contributed by atoms with E-state index in [4.69, 9.17) is 4.74 Å². The molecular formula is C32H38O. The first-order chi connectivity index (χ1) is 16.3. The minimum Gasteiger partial charge on any atom is -0.377 e. The van der Waals surface area contributed by atoms with Gasteiger partial charge in [0.2, 0.25) is 0 Å². The second-order valence-corrected chi connectivity index (χ2v) is 9.50. The van der Waals surface area contributed by atoms with Gasteiger partial charge in [-0.3, -0.25) is 0 Å². The lowest BCUT2D eigenvalue weighted by atomic mass is 9.78. The summed E-state index contributed by atoms with van der Waals surface area (Å²) in [7, 11) is 0. The van der Waals surface area contributed by atoms with Gasteiger partial charge in [0, 0.05) is 6.61 Å². The molecule has 1 aliphatic rings. The number of rotatable bonds is 10. The topological polar surface area (TPSA) is 9.23 Å². The Morgan fingerprint density at radius 2 is 1.24 bits per heavy atom. The van der Waals surface area contributed by atoms with Crippen molar-refractivity contribution in [3.05, 3.63) is 96.6 Å². The minimum atomic E-state index is 0.703. The summed E-state index contributed by atoms with van der Waals surface area (Å²) >= 11 is 0. The predicted octanol–water partition coefficient (Wildman–Crippen LogP) is 9.19. The fourth-order valence-electron chi connectivity index (χ4n) is 4.93. The van der Waals surface area contributed by atoms with Crippen LogP contribution in [0.4, 0.5) is 0 Å². The highest BCUT2D eigenvalue weighted by atomic mass is 16.5. The molecule has 0 aromatic heterocycles. The van der Waals surface area contributed by atoms with Gasteiger partial charge in [-0.05, 0) is 77.3 Å². The molecule has 0 atom stereocenters. The molecule has 3 aromatic rings. The van der Waals surface area contributed by atoms with Crippen LogP contribution in [-0.2, 0) is 11.3 Å². The van der Waals surface area contributed by atoms with E-state index < -0.39 is 0 Å². The van der Waals surface area contributed by atoms with Crippen LogP contribution in [0.5, 0.6) is 0 Å². The molecule has 172 valence electrons. The molecule has 1 fully saturated rings. The van der Waals surface area contributed by atoms with E-state index in [0.717, 1.165) is 18.9 Å². The number of hydrogen-bond donors (Lipinski definition) is 0. The highest BCUT2D eigenvalue weighted by Gasteiger charge is 2.20. The molecule has 0 unspecified atom stereocenters. The number of benzene rings is 3. The Labute approximate surface area is 200 Å². The van der Waals surface area contributed by atoms with Gasteiger partial charge in [0.15, 0.2) is 0 Å². The van der Waals surface area contributed by atoms with Gasteiger partial charge in [-0.15, -0.1) is 6.58 Å². The second kappa shape index (κ2) is 12.0. The Balaban J connectivity index is 1.34. The van der Waals surface area contributed by atoms with Crippen molar-refractivity contribution in [3.63, 3.8) is 0 Å². The first-order valence-electron chi connectivity index (χ1n) is 12.8. The fraction of sp³-hybridized carbons (Fsp3) is 0.375. The van der Waals surface area contributed by atoms with E-state index in [9.17, 15) is 0 Å². The van der Waals surface area contributed by atoms with E-state index >= 15 is 0 Å². The summed E-state index contributed by atoms with van der Waals surface area (Å²) < 4.78 is 5.78. The molecule has 1 aliphatic carbocycles. The molecule has 1 heteroatoms. The van der Waals surface area contributed by atoms with Crippen LogP contribution in [0.1, 0.15) is 68.9 Å². The molecule has 33 heavy (non-hydrogen) atoms. The molecule has 1 saturated carbocycles. The van der Waals surface area contributed by atoms with Crippen LogP contribution in [0, 0.1) is 5.92 Å². The van der Waals surface area contributed by atoms with Gasteiger partial charge in [-0.25, -0.2) is 0 Å². The summed E-state index contributed by atoms with van der Waals surface area (Å²) in [5, 5.41) is 0. The summed E-state index contributed by atoms with van der Waals surface area (Å²) in [5.74, 6) is 1.43. The van der Waals surface area contributed by atoms with Crippen molar-refractivity contribution < 1.29 is 4.74 Å². The summed E-state index contributed by atoms with van der Waals surface area (Å²) in [6.45, 7) is 7.75. The van der Waals surface area contributed by atoms with Crippen LogP contribution >= 0.6 is 0 Å². The molecule has 0 aliphatic heterocycles. The monoisotopic (exact) mass is 438 g/mol. The smallest absolute Gasteiger partial charge is 0.0716 e. The van der Waals surface area contributed by atoms with Crippen molar-refractivity contribution in [1.82, 2.24) is 0 Å². The van der Waals surface area contributed by atoms with Crippen LogP contribution < -0.4 is 0 Å². The highest BCUT2D eigenvalue weighted by Crippen LogP contribution is 2.37. The Morgan fingerprint density at radius 3 is 1.76 bits per heavy atom. The molecule has 0 amide bonds. The maximum absolute atomic E-state index is 5.78. The molecule has 0 saturated heterocycles. The summed E-state index contributed by atoms with van der Waals surface area (Å²) in [5.41, 5.74) is 7.81. The van der Waals surface area contributed by atoms with E-state index in [1.807, 2.05) is 0 Å². The van der Waals surface area contributed by atoms with Gasteiger partial charge in [0.1, 0.15) is 0 Å². The van der Waals surface area contributed by atoms with Crippen molar-refractivity contribution in [2.24, 2.45) is 5.92 Å². The van der Waals surface area contributed by atoms with Crippen molar-refractivity contribution in [1.29, 1.82) is 0 Å². The molecule has 3 aromatic carbocycles. The van der Waals surface area contributed by atoms with Gasteiger partial charge in [0.05, 0.1) is 6.61 Å². The van der Waals surface area contributed by atoms with Crippen molar-refractivity contribution in [3.8, 4) is 22.3 Å². The zero-order valence-corrected chi connectivity index (χ0v) is 20.1. The average Bonchev–Trinajstić information content (AvgIpc) is 2.89. The number of ether oxygens (including phenoxy) is 1. The van der Waals surface area contributed by atoms with Gasteiger partial charge in [0.25, 0.3) is 0 Å². The largest absolute Gasteiger partial charge is 0.377 e. The van der Waals surface area contributed by atoms with Gasteiger partial charge < -0.3 is 4.74 Å². The van der Waals surface area contributed by atoms with Crippen LogP contribution in [0.3, 0.4) is 0 Å². The number of unbranched alkanes of at least 4 members (excludes halogenated alkanes) is 2. The zero-order valence-electron chi connectivity index (χ0n) is 20.1. The van der Waals surface area contributed by atoms with E-state index in [1.165, 1.54) is 71.9 Å². The predicted molar refractivity (Wildman–Crippen MR) is 141 cm³/mol. The Kier molecular flexibility index (Phi) is 8.55. The Morgan fingerprint density at radius 1 is 0.727 bits per heavy atom. The van der Waals surface area contributed by atoms with Crippen LogP contribution in [0.25, 0.3) is 22.3 Å². The first kappa shape index (κ1) is 23.5. The van der Waals surface area contributed by atoms with E-state index in [2.05, 4.69) is 92.4 Å².